The first-order chi connectivity index (χ1) is 8.37. The second-order valence-electron chi connectivity index (χ2n) is 4.20. The summed E-state index contributed by atoms with van der Waals surface area (Å²) in [5, 5.41) is 0. The van der Waals surface area contributed by atoms with Crippen LogP contribution >= 0.6 is 31.9 Å². The lowest BCUT2D eigenvalue weighted by Crippen LogP contribution is -2.22. The first kappa shape index (κ1) is 12.7. The Bertz CT molecular complexity index is 492. The van der Waals surface area contributed by atoms with Crippen molar-refractivity contribution in [1.82, 2.24) is 0 Å². The van der Waals surface area contributed by atoms with Gasteiger partial charge in [-0.05, 0) is 23.3 Å². The highest BCUT2D eigenvalue weighted by molar-refractivity contribution is 9.12. The lowest BCUT2D eigenvalue weighted by atomic mass is 9.91. The Morgan fingerprint density at radius 2 is 1.67 bits per heavy atom. The van der Waals surface area contributed by atoms with Gasteiger partial charge < -0.3 is 9.47 Å². The van der Waals surface area contributed by atoms with Gasteiger partial charge >= 0.3 is 6.36 Å². The number of benzene rings is 1. The number of halogens is 5. The van der Waals surface area contributed by atoms with E-state index in [9.17, 15) is 13.2 Å². The van der Waals surface area contributed by atoms with E-state index in [-0.39, 0.29) is 27.6 Å². The first-order valence-corrected chi connectivity index (χ1v) is 7.03. The van der Waals surface area contributed by atoms with Crippen LogP contribution in [0.5, 0.6) is 5.75 Å². The molecule has 2 bridgehead atoms. The van der Waals surface area contributed by atoms with Crippen molar-refractivity contribution < 1.29 is 22.6 Å². The lowest BCUT2D eigenvalue weighted by Gasteiger charge is -2.21. The van der Waals surface area contributed by atoms with E-state index < -0.39 is 6.36 Å². The third-order valence-corrected chi connectivity index (χ3v) is 5.89. The minimum Gasteiger partial charge on any atom is -0.406 e. The summed E-state index contributed by atoms with van der Waals surface area (Å²) in [6.45, 7) is 0. The lowest BCUT2D eigenvalue weighted by molar-refractivity contribution is -0.274. The van der Waals surface area contributed by atoms with Gasteiger partial charge in [0.05, 0.1) is 21.9 Å². The Balaban J connectivity index is 1.95. The van der Waals surface area contributed by atoms with Crippen molar-refractivity contribution in [2.75, 3.05) is 0 Å². The molecule has 3 rings (SSSR count). The maximum Gasteiger partial charge on any atom is 0.573 e. The fourth-order valence-corrected chi connectivity index (χ4v) is 3.76. The molecule has 0 amide bonds. The van der Waals surface area contributed by atoms with Gasteiger partial charge in [0.2, 0.25) is 0 Å². The van der Waals surface area contributed by atoms with Crippen LogP contribution in [0.4, 0.5) is 13.2 Å². The zero-order valence-electron chi connectivity index (χ0n) is 8.75. The summed E-state index contributed by atoms with van der Waals surface area (Å²) in [6.07, 6.45) is -5.01. The quantitative estimate of drug-likeness (QED) is 0.671. The van der Waals surface area contributed by atoms with Gasteiger partial charge in [0.15, 0.2) is 0 Å². The van der Waals surface area contributed by atoms with E-state index in [2.05, 4.69) is 36.6 Å². The van der Waals surface area contributed by atoms with Crippen molar-refractivity contribution in [3.8, 4) is 5.75 Å². The molecule has 7 heteroatoms. The average Bonchev–Trinajstić information content (AvgIpc) is 2.75. The first-order valence-electron chi connectivity index (χ1n) is 5.20. The predicted molar refractivity (Wildman–Crippen MR) is 65.1 cm³/mol. The average molecular weight is 388 g/mol. The molecule has 2 nitrogen and oxygen atoms in total. The summed E-state index contributed by atoms with van der Waals surface area (Å²) in [5.74, 6) is -0.205. The molecule has 0 aromatic heterocycles. The molecule has 0 radical (unpaired) electrons. The number of ether oxygens (including phenoxy) is 2. The van der Waals surface area contributed by atoms with Gasteiger partial charge in [0, 0.05) is 0 Å². The number of alkyl halides is 5. The minimum absolute atomic E-state index is 0.0520. The van der Waals surface area contributed by atoms with Crippen LogP contribution in [0.2, 0.25) is 0 Å². The molecule has 2 aliphatic rings. The summed E-state index contributed by atoms with van der Waals surface area (Å²) in [4.78, 5) is 0.181. The summed E-state index contributed by atoms with van der Waals surface area (Å²) in [7, 11) is 0. The predicted octanol–water partition coefficient (Wildman–Crippen LogP) is 4.24. The standard InChI is InChI=1S/C11H7Br2F3O2/c12-7-8(13)10-6-3-4(18-11(14,15)16)1-2-5(6)9(7)17-10/h1-3,7-10H/t7-,8+,9+,10-/m1/s1. The van der Waals surface area contributed by atoms with E-state index in [4.69, 9.17) is 4.74 Å². The zero-order valence-corrected chi connectivity index (χ0v) is 11.9. The molecule has 0 saturated carbocycles. The molecule has 2 heterocycles. The van der Waals surface area contributed by atoms with Crippen LogP contribution in [0.1, 0.15) is 23.3 Å². The molecule has 98 valence electrons. The molecule has 0 spiro atoms. The molecule has 1 saturated heterocycles. The van der Waals surface area contributed by atoms with Gasteiger partial charge in [-0.15, -0.1) is 13.2 Å². The molecular formula is C11H7Br2F3O2. The van der Waals surface area contributed by atoms with Crippen LogP contribution in [0.25, 0.3) is 0 Å². The molecule has 0 N–H and O–H groups in total. The maximum absolute atomic E-state index is 12.1. The summed E-state index contributed by atoms with van der Waals surface area (Å²) < 4.78 is 46.1. The van der Waals surface area contributed by atoms with Crippen molar-refractivity contribution in [3.05, 3.63) is 29.3 Å². The number of fused-ring (bicyclic) bond motifs is 5. The largest absolute Gasteiger partial charge is 0.573 e. The van der Waals surface area contributed by atoms with Gasteiger partial charge in [-0.2, -0.15) is 0 Å². The van der Waals surface area contributed by atoms with Gasteiger partial charge in [-0.25, -0.2) is 0 Å². The highest BCUT2D eigenvalue weighted by Crippen LogP contribution is 2.56. The maximum atomic E-state index is 12.1. The molecule has 18 heavy (non-hydrogen) atoms. The zero-order chi connectivity index (χ0) is 13.1. The molecule has 1 aromatic rings. The highest BCUT2D eigenvalue weighted by atomic mass is 79.9. The SMILES string of the molecule is FC(F)(F)Oc1ccc2c(c1)[C@H]1O[C@@H]2[C@H](Br)[C@@H]1Br. The van der Waals surface area contributed by atoms with Crippen LogP contribution in [0.3, 0.4) is 0 Å². The molecular weight excluding hydrogens is 381 g/mol. The smallest absolute Gasteiger partial charge is 0.406 e. The Labute approximate surface area is 118 Å². The van der Waals surface area contributed by atoms with Crippen molar-refractivity contribution in [2.45, 2.75) is 28.2 Å². The molecule has 0 unspecified atom stereocenters. The van der Waals surface area contributed by atoms with Gasteiger partial charge in [0.1, 0.15) is 5.75 Å². The second kappa shape index (κ2) is 4.11. The normalized spacial score (nSPS) is 33.6. The summed E-state index contributed by atoms with van der Waals surface area (Å²) >= 11 is 7.00. The van der Waals surface area contributed by atoms with Gasteiger partial charge in [-0.1, -0.05) is 37.9 Å². The Hall–Kier alpha value is -0.270. The fourth-order valence-electron chi connectivity index (χ4n) is 2.39. The molecule has 1 aromatic carbocycles. The van der Waals surface area contributed by atoms with Crippen LogP contribution in [0, 0.1) is 0 Å². The topological polar surface area (TPSA) is 18.5 Å². The minimum atomic E-state index is -4.67. The van der Waals surface area contributed by atoms with E-state index >= 15 is 0 Å². The molecule has 1 fully saturated rings. The molecule has 2 aliphatic heterocycles. The summed E-state index contributed by atoms with van der Waals surface area (Å²) in [6, 6.07) is 4.36. The molecule has 0 aliphatic carbocycles. The highest BCUT2D eigenvalue weighted by Gasteiger charge is 2.50. The van der Waals surface area contributed by atoms with Crippen LogP contribution in [-0.4, -0.2) is 16.0 Å². The van der Waals surface area contributed by atoms with Crippen LogP contribution < -0.4 is 4.74 Å². The third-order valence-electron chi connectivity index (χ3n) is 3.08. The molecule has 4 atom stereocenters. The third kappa shape index (κ3) is 1.96. The van der Waals surface area contributed by atoms with Crippen molar-refractivity contribution >= 4 is 31.9 Å². The van der Waals surface area contributed by atoms with E-state index in [1.807, 2.05) is 0 Å². The van der Waals surface area contributed by atoms with Gasteiger partial charge in [0.25, 0.3) is 0 Å². The van der Waals surface area contributed by atoms with E-state index in [1.54, 1.807) is 6.07 Å². The second-order valence-corrected chi connectivity index (χ2v) is 6.32. The number of rotatable bonds is 1. The fraction of sp³-hybridized carbons (Fsp3) is 0.455. The van der Waals surface area contributed by atoms with Crippen LogP contribution in [-0.2, 0) is 4.74 Å². The summed E-state index contributed by atoms with van der Waals surface area (Å²) in [5.41, 5.74) is 1.69. The number of hydrogen-bond donors (Lipinski definition) is 0. The van der Waals surface area contributed by atoms with Gasteiger partial charge in [-0.3, -0.25) is 0 Å². The number of hydrogen-bond acceptors (Lipinski definition) is 2. The Morgan fingerprint density at radius 1 is 1.06 bits per heavy atom. The van der Waals surface area contributed by atoms with Crippen molar-refractivity contribution in [1.29, 1.82) is 0 Å². The van der Waals surface area contributed by atoms with Crippen molar-refractivity contribution in [2.24, 2.45) is 0 Å². The monoisotopic (exact) mass is 386 g/mol. The Morgan fingerprint density at radius 3 is 2.28 bits per heavy atom. The van der Waals surface area contributed by atoms with Crippen molar-refractivity contribution in [3.63, 3.8) is 0 Å². The Kier molecular flexibility index (Phi) is 2.91. The van der Waals surface area contributed by atoms with E-state index in [0.717, 1.165) is 11.1 Å². The van der Waals surface area contributed by atoms with Crippen LogP contribution in [0.15, 0.2) is 18.2 Å². The van der Waals surface area contributed by atoms with E-state index in [0.29, 0.717) is 0 Å². The van der Waals surface area contributed by atoms with E-state index in [1.165, 1.54) is 12.1 Å².